The molecule has 1 atom stereocenters. The van der Waals surface area contributed by atoms with Crippen molar-refractivity contribution in [2.24, 2.45) is 0 Å². The normalized spacial score (nSPS) is 18.2. The third kappa shape index (κ3) is 5.92. The van der Waals surface area contributed by atoms with Crippen LogP contribution in [0.2, 0.25) is 0 Å². The molecule has 1 aromatic rings. The number of nitrogens with zero attached hydrogens (tertiary/aromatic N) is 1. The highest BCUT2D eigenvalue weighted by molar-refractivity contribution is 5.94. The molecule has 2 N–H and O–H groups in total. The lowest BCUT2D eigenvalue weighted by Crippen LogP contribution is -2.38. The second-order valence-corrected chi connectivity index (χ2v) is 6.28. The Morgan fingerprint density at radius 2 is 1.88 bits per heavy atom. The highest BCUT2D eigenvalue weighted by atomic mass is 19.1. The average Bonchev–Trinajstić information content (AvgIpc) is 2.58. The number of benzene rings is 1. The average molecular weight is 335 g/mol. The molecule has 0 unspecified atom stereocenters. The molecule has 2 amide bonds. The topological polar surface area (TPSA) is 61.4 Å². The standard InChI is InChI=1S/C18H26FN3O2/c1-22-13-3-2-4-16(22)9-10-17(23)20-11-12-21-18(24)14-5-7-15(19)8-6-14/h5-8,16H,2-4,9-13H2,1H3,(H,20,23)(H,21,24)/t16-/m0/s1. The Balaban J connectivity index is 1.58. The van der Waals surface area contributed by atoms with E-state index < -0.39 is 0 Å². The summed E-state index contributed by atoms with van der Waals surface area (Å²) in [6, 6.07) is 5.87. The maximum Gasteiger partial charge on any atom is 0.251 e. The van der Waals surface area contributed by atoms with Crippen LogP contribution < -0.4 is 10.6 Å². The van der Waals surface area contributed by atoms with Gasteiger partial charge in [-0.1, -0.05) is 6.42 Å². The molecule has 1 heterocycles. The van der Waals surface area contributed by atoms with E-state index in [1.807, 2.05) is 0 Å². The van der Waals surface area contributed by atoms with E-state index in [2.05, 4.69) is 22.6 Å². The van der Waals surface area contributed by atoms with Gasteiger partial charge in [0.15, 0.2) is 0 Å². The van der Waals surface area contributed by atoms with E-state index in [1.165, 1.54) is 37.1 Å². The van der Waals surface area contributed by atoms with Crippen LogP contribution in [0.25, 0.3) is 0 Å². The number of carbonyl (C=O) groups excluding carboxylic acids is 2. The summed E-state index contributed by atoms with van der Waals surface area (Å²) in [6.07, 6.45) is 5.04. The van der Waals surface area contributed by atoms with Crippen LogP contribution in [0.4, 0.5) is 4.39 Å². The van der Waals surface area contributed by atoms with E-state index in [1.54, 1.807) is 0 Å². The first-order valence-electron chi connectivity index (χ1n) is 8.57. The van der Waals surface area contributed by atoms with Crippen LogP contribution in [0.3, 0.4) is 0 Å². The Bertz CT molecular complexity index is 548. The minimum Gasteiger partial charge on any atom is -0.354 e. The summed E-state index contributed by atoms with van der Waals surface area (Å²) in [5, 5.41) is 5.52. The van der Waals surface area contributed by atoms with Crippen molar-refractivity contribution in [2.75, 3.05) is 26.7 Å². The predicted molar refractivity (Wildman–Crippen MR) is 91.2 cm³/mol. The number of halogens is 1. The van der Waals surface area contributed by atoms with Gasteiger partial charge in [0.2, 0.25) is 5.91 Å². The molecular formula is C18H26FN3O2. The van der Waals surface area contributed by atoms with E-state index in [0.29, 0.717) is 31.1 Å². The zero-order valence-corrected chi connectivity index (χ0v) is 14.2. The zero-order chi connectivity index (χ0) is 17.4. The number of hydrogen-bond acceptors (Lipinski definition) is 3. The number of carbonyl (C=O) groups is 2. The van der Waals surface area contributed by atoms with Crippen LogP contribution in [-0.2, 0) is 4.79 Å². The van der Waals surface area contributed by atoms with Gasteiger partial charge in [-0.15, -0.1) is 0 Å². The van der Waals surface area contributed by atoms with E-state index in [9.17, 15) is 14.0 Å². The summed E-state index contributed by atoms with van der Waals surface area (Å²) in [6.45, 7) is 1.86. The van der Waals surface area contributed by atoms with Gasteiger partial charge >= 0.3 is 0 Å². The Morgan fingerprint density at radius 3 is 2.58 bits per heavy atom. The molecule has 1 aliphatic rings. The van der Waals surface area contributed by atoms with Gasteiger partial charge in [-0.2, -0.15) is 0 Å². The number of amides is 2. The van der Waals surface area contributed by atoms with Gasteiger partial charge < -0.3 is 15.5 Å². The molecule has 0 aliphatic carbocycles. The molecule has 1 saturated heterocycles. The lowest BCUT2D eigenvalue weighted by atomic mass is 9.98. The van der Waals surface area contributed by atoms with Crippen LogP contribution in [0.15, 0.2) is 24.3 Å². The Hall–Kier alpha value is -1.95. The largest absolute Gasteiger partial charge is 0.354 e. The van der Waals surface area contributed by atoms with Crippen molar-refractivity contribution < 1.29 is 14.0 Å². The monoisotopic (exact) mass is 335 g/mol. The summed E-state index contributed by atoms with van der Waals surface area (Å²) in [7, 11) is 2.12. The molecular weight excluding hydrogens is 309 g/mol. The number of nitrogens with one attached hydrogen (secondary N) is 2. The first kappa shape index (κ1) is 18.4. The van der Waals surface area contributed by atoms with E-state index in [4.69, 9.17) is 0 Å². The van der Waals surface area contributed by atoms with Crippen molar-refractivity contribution in [3.63, 3.8) is 0 Å². The summed E-state index contributed by atoms with van der Waals surface area (Å²) in [4.78, 5) is 26.0. The van der Waals surface area contributed by atoms with Gasteiger partial charge in [0.1, 0.15) is 5.82 Å². The molecule has 0 bridgehead atoms. The molecule has 1 aliphatic heterocycles. The Morgan fingerprint density at radius 1 is 1.17 bits per heavy atom. The number of hydrogen-bond donors (Lipinski definition) is 2. The van der Waals surface area contributed by atoms with Crippen molar-refractivity contribution in [1.82, 2.24) is 15.5 Å². The number of rotatable bonds is 7. The molecule has 0 radical (unpaired) electrons. The summed E-state index contributed by atoms with van der Waals surface area (Å²) in [5.41, 5.74) is 0.406. The lowest BCUT2D eigenvalue weighted by Gasteiger charge is -2.32. The molecule has 1 aromatic carbocycles. The summed E-state index contributed by atoms with van der Waals surface area (Å²) in [5.74, 6) is -0.625. The molecule has 6 heteroatoms. The second-order valence-electron chi connectivity index (χ2n) is 6.28. The highest BCUT2D eigenvalue weighted by Crippen LogP contribution is 2.18. The molecule has 0 aromatic heterocycles. The molecule has 132 valence electrons. The molecule has 2 rings (SSSR count). The smallest absolute Gasteiger partial charge is 0.251 e. The van der Waals surface area contributed by atoms with Crippen LogP contribution in [0, 0.1) is 5.82 Å². The fourth-order valence-corrected chi connectivity index (χ4v) is 2.98. The Kier molecular flexibility index (Phi) is 7.18. The Labute approximate surface area is 142 Å². The highest BCUT2D eigenvalue weighted by Gasteiger charge is 2.19. The van der Waals surface area contributed by atoms with E-state index in [-0.39, 0.29) is 17.6 Å². The molecule has 1 fully saturated rings. The minimum atomic E-state index is -0.373. The van der Waals surface area contributed by atoms with Crippen molar-refractivity contribution in [2.45, 2.75) is 38.1 Å². The lowest BCUT2D eigenvalue weighted by molar-refractivity contribution is -0.121. The minimum absolute atomic E-state index is 0.0185. The molecule has 0 saturated carbocycles. The third-order valence-corrected chi connectivity index (χ3v) is 4.47. The molecule has 5 nitrogen and oxygen atoms in total. The zero-order valence-electron chi connectivity index (χ0n) is 14.2. The van der Waals surface area contributed by atoms with Gasteiger partial charge in [-0.3, -0.25) is 9.59 Å². The second kappa shape index (κ2) is 9.37. The number of likely N-dealkylation sites (tertiary alicyclic amines) is 1. The third-order valence-electron chi connectivity index (χ3n) is 4.47. The van der Waals surface area contributed by atoms with Gasteiger partial charge in [0.25, 0.3) is 5.91 Å². The summed E-state index contributed by atoms with van der Waals surface area (Å²) >= 11 is 0. The van der Waals surface area contributed by atoms with Crippen molar-refractivity contribution >= 4 is 11.8 Å². The van der Waals surface area contributed by atoms with Gasteiger partial charge in [0.05, 0.1) is 0 Å². The summed E-state index contributed by atoms with van der Waals surface area (Å²) < 4.78 is 12.8. The number of piperidine rings is 1. The van der Waals surface area contributed by atoms with Crippen LogP contribution in [-0.4, -0.2) is 49.4 Å². The van der Waals surface area contributed by atoms with Gasteiger partial charge in [0, 0.05) is 31.1 Å². The maximum absolute atomic E-state index is 12.8. The fraction of sp³-hybridized carbons (Fsp3) is 0.556. The SMILES string of the molecule is CN1CCCC[C@H]1CCC(=O)NCCNC(=O)c1ccc(F)cc1. The van der Waals surface area contributed by atoms with Crippen molar-refractivity contribution in [1.29, 1.82) is 0 Å². The molecule has 0 spiro atoms. The fourth-order valence-electron chi connectivity index (χ4n) is 2.98. The van der Waals surface area contributed by atoms with Gasteiger partial charge in [-0.05, 0) is 57.1 Å². The van der Waals surface area contributed by atoms with Crippen molar-refractivity contribution in [3.8, 4) is 0 Å². The molecule has 24 heavy (non-hydrogen) atoms. The first-order valence-corrected chi connectivity index (χ1v) is 8.57. The van der Waals surface area contributed by atoms with Gasteiger partial charge in [-0.25, -0.2) is 4.39 Å². The van der Waals surface area contributed by atoms with Crippen molar-refractivity contribution in [3.05, 3.63) is 35.6 Å². The van der Waals surface area contributed by atoms with Crippen LogP contribution in [0.5, 0.6) is 0 Å². The van der Waals surface area contributed by atoms with E-state index >= 15 is 0 Å². The quantitative estimate of drug-likeness (QED) is 0.749. The van der Waals surface area contributed by atoms with Crippen LogP contribution in [0.1, 0.15) is 42.5 Å². The predicted octanol–water partition coefficient (Wildman–Crippen LogP) is 1.94. The van der Waals surface area contributed by atoms with E-state index in [0.717, 1.165) is 19.4 Å². The first-order chi connectivity index (χ1) is 11.6. The van der Waals surface area contributed by atoms with Crippen LogP contribution >= 0.6 is 0 Å². The maximum atomic E-state index is 12.8.